The third-order valence-corrected chi connectivity index (χ3v) is 5.94. The average molecular weight is 465 g/mol. The Labute approximate surface area is 195 Å². The maximum absolute atomic E-state index is 12.4. The first kappa shape index (κ1) is 22.5. The number of methoxy groups -OCH3 is 1. The highest BCUT2D eigenvalue weighted by atomic mass is 32.2. The Morgan fingerprint density at radius 3 is 2.52 bits per heavy atom. The van der Waals surface area contributed by atoms with Crippen molar-refractivity contribution in [3.63, 3.8) is 0 Å². The van der Waals surface area contributed by atoms with Crippen LogP contribution in [0.1, 0.15) is 19.4 Å². The van der Waals surface area contributed by atoms with Crippen LogP contribution >= 0.6 is 11.8 Å². The zero-order valence-electron chi connectivity index (χ0n) is 18.6. The lowest BCUT2D eigenvalue weighted by Gasteiger charge is -2.07. The standard InChI is InChI=1S/C23H24N6O3S/c1-4-15-6-10-17(11-7-15)24-19(30)14-33-23-27-26-21(29(23)5-2)22-25-20(28-32-22)16-8-12-18(31-3)13-9-16/h6-13H,4-5,14H2,1-3H3,(H,24,30). The van der Waals surface area contributed by atoms with Crippen LogP contribution in [0.3, 0.4) is 0 Å². The van der Waals surface area contributed by atoms with E-state index < -0.39 is 0 Å². The second kappa shape index (κ2) is 10.3. The minimum Gasteiger partial charge on any atom is -0.497 e. The fraction of sp³-hybridized carbons (Fsp3) is 0.261. The van der Waals surface area contributed by atoms with Crippen LogP contribution in [0.25, 0.3) is 23.1 Å². The highest BCUT2D eigenvalue weighted by molar-refractivity contribution is 7.99. The van der Waals surface area contributed by atoms with Crippen LogP contribution < -0.4 is 10.1 Å². The van der Waals surface area contributed by atoms with Gasteiger partial charge in [-0.05, 0) is 55.3 Å². The van der Waals surface area contributed by atoms with Crippen LogP contribution in [-0.4, -0.2) is 43.7 Å². The van der Waals surface area contributed by atoms with E-state index in [1.165, 1.54) is 17.3 Å². The van der Waals surface area contributed by atoms with Gasteiger partial charge in [-0.25, -0.2) is 0 Å². The van der Waals surface area contributed by atoms with E-state index >= 15 is 0 Å². The third kappa shape index (κ3) is 5.23. The second-order valence-corrected chi connectivity index (χ2v) is 8.03. The molecule has 0 unspecified atom stereocenters. The van der Waals surface area contributed by atoms with Crippen molar-refractivity contribution in [3.8, 4) is 28.9 Å². The average Bonchev–Trinajstić information content (AvgIpc) is 3.50. The lowest BCUT2D eigenvalue weighted by atomic mass is 10.1. The molecular weight excluding hydrogens is 440 g/mol. The molecule has 10 heteroatoms. The summed E-state index contributed by atoms with van der Waals surface area (Å²) < 4.78 is 12.5. The minimum absolute atomic E-state index is 0.115. The molecule has 0 aliphatic heterocycles. The molecule has 0 spiro atoms. The van der Waals surface area contributed by atoms with Crippen molar-refractivity contribution in [3.05, 3.63) is 54.1 Å². The molecule has 2 aromatic heterocycles. The van der Waals surface area contributed by atoms with Gasteiger partial charge in [-0.15, -0.1) is 10.2 Å². The Kier molecular flexibility index (Phi) is 7.04. The number of rotatable bonds is 9. The Morgan fingerprint density at radius 2 is 1.85 bits per heavy atom. The molecule has 0 aliphatic carbocycles. The zero-order valence-corrected chi connectivity index (χ0v) is 19.4. The monoisotopic (exact) mass is 464 g/mol. The van der Waals surface area contributed by atoms with Crippen LogP contribution in [0.15, 0.2) is 58.2 Å². The van der Waals surface area contributed by atoms with Gasteiger partial charge in [0.2, 0.25) is 17.6 Å². The van der Waals surface area contributed by atoms with Gasteiger partial charge < -0.3 is 14.6 Å². The van der Waals surface area contributed by atoms with E-state index in [-0.39, 0.29) is 17.6 Å². The molecule has 9 nitrogen and oxygen atoms in total. The zero-order chi connectivity index (χ0) is 23.2. The fourth-order valence-electron chi connectivity index (χ4n) is 3.16. The number of ether oxygens (including phenoxy) is 1. The van der Waals surface area contributed by atoms with Crippen LogP contribution in [0.2, 0.25) is 0 Å². The van der Waals surface area contributed by atoms with Crippen molar-refractivity contribution in [2.75, 3.05) is 18.2 Å². The molecule has 4 aromatic rings. The number of aryl methyl sites for hydroxylation is 1. The van der Waals surface area contributed by atoms with Crippen molar-refractivity contribution in [1.82, 2.24) is 24.9 Å². The summed E-state index contributed by atoms with van der Waals surface area (Å²) in [5.41, 5.74) is 2.79. The normalized spacial score (nSPS) is 10.9. The largest absolute Gasteiger partial charge is 0.497 e. The van der Waals surface area contributed by atoms with E-state index in [0.717, 1.165) is 23.4 Å². The summed E-state index contributed by atoms with van der Waals surface area (Å²) in [4.78, 5) is 16.8. The smallest absolute Gasteiger partial charge is 0.296 e. The number of aromatic nitrogens is 5. The molecule has 0 atom stereocenters. The molecule has 0 radical (unpaired) electrons. The Balaban J connectivity index is 1.43. The molecule has 4 rings (SSSR count). The predicted molar refractivity (Wildman–Crippen MR) is 126 cm³/mol. The maximum atomic E-state index is 12.4. The molecule has 0 aliphatic rings. The number of carbonyl (C=O) groups excluding carboxylic acids is 1. The molecule has 1 amide bonds. The predicted octanol–water partition coefficient (Wildman–Crippen LogP) is 4.32. The number of nitrogens with zero attached hydrogens (tertiary/aromatic N) is 5. The molecule has 33 heavy (non-hydrogen) atoms. The molecule has 170 valence electrons. The van der Waals surface area contributed by atoms with Gasteiger partial charge >= 0.3 is 0 Å². The summed E-state index contributed by atoms with van der Waals surface area (Å²) in [6.07, 6.45) is 0.959. The Bertz CT molecular complexity index is 1220. The molecule has 1 N–H and O–H groups in total. The highest BCUT2D eigenvalue weighted by Gasteiger charge is 2.20. The summed E-state index contributed by atoms with van der Waals surface area (Å²) in [6.45, 7) is 4.65. The summed E-state index contributed by atoms with van der Waals surface area (Å²) in [5, 5.41) is 16.0. The van der Waals surface area contributed by atoms with Gasteiger partial charge in [-0.2, -0.15) is 4.98 Å². The number of hydrogen-bond donors (Lipinski definition) is 1. The maximum Gasteiger partial charge on any atom is 0.296 e. The summed E-state index contributed by atoms with van der Waals surface area (Å²) >= 11 is 1.30. The Morgan fingerprint density at radius 1 is 1.09 bits per heavy atom. The van der Waals surface area contributed by atoms with Crippen molar-refractivity contribution in [2.24, 2.45) is 0 Å². The molecular formula is C23H24N6O3S. The number of benzene rings is 2. The number of amides is 1. The van der Waals surface area contributed by atoms with E-state index in [1.54, 1.807) is 7.11 Å². The Hall–Kier alpha value is -3.66. The number of carbonyl (C=O) groups is 1. The summed E-state index contributed by atoms with van der Waals surface area (Å²) in [6, 6.07) is 15.2. The van der Waals surface area contributed by atoms with Gasteiger partial charge in [-0.3, -0.25) is 9.36 Å². The second-order valence-electron chi connectivity index (χ2n) is 7.09. The van der Waals surface area contributed by atoms with Gasteiger partial charge in [-0.1, -0.05) is 36.0 Å². The first-order valence-electron chi connectivity index (χ1n) is 10.5. The van der Waals surface area contributed by atoms with Crippen LogP contribution in [0.5, 0.6) is 5.75 Å². The molecule has 0 fully saturated rings. The molecule has 2 aromatic carbocycles. The molecule has 2 heterocycles. The molecule has 0 bridgehead atoms. The first-order chi connectivity index (χ1) is 16.1. The number of nitrogens with one attached hydrogen (secondary N) is 1. The first-order valence-corrected chi connectivity index (χ1v) is 11.5. The highest BCUT2D eigenvalue weighted by Crippen LogP contribution is 2.26. The lowest BCUT2D eigenvalue weighted by Crippen LogP contribution is -2.14. The van der Waals surface area contributed by atoms with Crippen LogP contribution in [0.4, 0.5) is 5.69 Å². The van der Waals surface area contributed by atoms with E-state index in [2.05, 4.69) is 32.6 Å². The quantitative estimate of drug-likeness (QED) is 0.365. The topological polar surface area (TPSA) is 108 Å². The van der Waals surface area contributed by atoms with Crippen molar-refractivity contribution in [2.45, 2.75) is 32.0 Å². The van der Waals surface area contributed by atoms with Gasteiger partial charge in [0.1, 0.15) is 5.75 Å². The van der Waals surface area contributed by atoms with Crippen LogP contribution in [0, 0.1) is 0 Å². The van der Waals surface area contributed by atoms with Crippen molar-refractivity contribution >= 4 is 23.4 Å². The van der Waals surface area contributed by atoms with E-state index in [4.69, 9.17) is 9.26 Å². The van der Waals surface area contributed by atoms with E-state index in [1.807, 2.05) is 60.0 Å². The number of thioether (sulfide) groups is 1. The van der Waals surface area contributed by atoms with Crippen molar-refractivity contribution < 1.29 is 14.1 Å². The third-order valence-electron chi connectivity index (χ3n) is 4.98. The van der Waals surface area contributed by atoms with Gasteiger partial charge in [0.25, 0.3) is 5.89 Å². The summed E-state index contributed by atoms with van der Waals surface area (Å²) in [7, 11) is 1.61. The number of anilines is 1. The van der Waals surface area contributed by atoms with Gasteiger partial charge in [0, 0.05) is 17.8 Å². The fourth-order valence-corrected chi connectivity index (χ4v) is 3.96. The lowest BCUT2D eigenvalue weighted by molar-refractivity contribution is -0.113. The minimum atomic E-state index is -0.115. The van der Waals surface area contributed by atoms with Gasteiger partial charge in [0.15, 0.2) is 5.16 Å². The molecule has 0 saturated carbocycles. The van der Waals surface area contributed by atoms with E-state index in [0.29, 0.717) is 23.4 Å². The SMILES string of the molecule is CCc1ccc(NC(=O)CSc2nnc(-c3nc(-c4ccc(OC)cc4)no3)n2CC)cc1. The van der Waals surface area contributed by atoms with Crippen LogP contribution in [-0.2, 0) is 17.8 Å². The van der Waals surface area contributed by atoms with E-state index in [9.17, 15) is 4.79 Å². The summed E-state index contributed by atoms with van der Waals surface area (Å²) in [5.74, 6) is 2.01. The number of hydrogen-bond acceptors (Lipinski definition) is 8. The van der Waals surface area contributed by atoms with Crippen molar-refractivity contribution in [1.29, 1.82) is 0 Å². The molecule has 0 saturated heterocycles. The van der Waals surface area contributed by atoms with Gasteiger partial charge in [0.05, 0.1) is 12.9 Å².